The van der Waals surface area contributed by atoms with E-state index in [9.17, 15) is 8.42 Å². The molecule has 0 saturated heterocycles. The zero-order valence-corrected chi connectivity index (χ0v) is 13.1. The first-order valence-electron chi connectivity index (χ1n) is 7.04. The van der Waals surface area contributed by atoms with Crippen LogP contribution in [0.2, 0.25) is 0 Å². The molecule has 0 atom stereocenters. The molecule has 1 aromatic heterocycles. The molecule has 7 nitrogen and oxygen atoms in total. The van der Waals surface area contributed by atoms with Gasteiger partial charge in [0.1, 0.15) is 0 Å². The smallest absolute Gasteiger partial charge is 0.211 e. The lowest BCUT2D eigenvalue weighted by Crippen LogP contribution is -2.29. The Bertz CT molecular complexity index is 444. The molecule has 0 amide bonds. The zero-order chi connectivity index (χ0) is 14.8. The van der Waals surface area contributed by atoms with E-state index < -0.39 is 10.0 Å². The van der Waals surface area contributed by atoms with Crippen LogP contribution in [0, 0.1) is 0 Å². The van der Waals surface area contributed by atoms with Gasteiger partial charge in [-0.15, -0.1) is 5.10 Å². The highest BCUT2D eigenvalue weighted by Gasteiger charge is 2.08. The van der Waals surface area contributed by atoms with Crippen LogP contribution in [0.3, 0.4) is 0 Å². The number of rotatable bonds is 11. The second kappa shape index (κ2) is 9.04. The molecule has 0 unspecified atom stereocenters. The summed E-state index contributed by atoms with van der Waals surface area (Å²) in [5, 5.41) is 10.8. The summed E-state index contributed by atoms with van der Waals surface area (Å²) in [6.45, 7) is 6.12. The molecule has 0 spiro atoms. The Morgan fingerprint density at radius 1 is 1.20 bits per heavy atom. The Labute approximate surface area is 121 Å². The van der Waals surface area contributed by atoms with Crippen molar-refractivity contribution in [1.29, 1.82) is 0 Å². The summed E-state index contributed by atoms with van der Waals surface area (Å²) < 4.78 is 27.7. The monoisotopic (exact) mass is 303 g/mol. The molecule has 1 rings (SSSR count). The van der Waals surface area contributed by atoms with Crippen molar-refractivity contribution >= 4 is 10.0 Å². The van der Waals surface area contributed by atoms with Crippen molar-refractivity contribution in [2.75, 3.05) is 18.8 Å². The van der Waals surface area contributed by atoms with Crippen LogP contribution < -0.4 is 10.0 Å². The molecule has 20 heavy (non-hydrogen) atoms. The lowest BCUT2D eigenvalue weighted by Gasteiger charge is -2.09. The van der Waals surface area contributed by atoms with Crippen LogP contribution >= 0.6 is 0 Å². The normalized spacial score (nSPS) is 12.2. The van der Waals surface area contributed by atoms with E-state index >= 15 is 0 Å². The lowest BCUT2D eigenvalue weighted by atomic mass is 10.3. The van der Waals surface area contributed by atoms with Gasteiger partial charge in [-0.25, -0.2) is 13.1 Å². The topological polar surface area (TPSA) is 88.9 Å². The third kappa shape index (κ3) is 8.23. The fraction of sp³-hybridized carbons (Fsp3) is 0.833. The molecule has 1 heterocycles. The number of nitrogens with zero attached hydrogens (tertiary/aromatic N) is 3. The lowest BCUT2D eigenvalue weighted by molar-refractivity contribution is 0.537. The fourth-order valence-corrected chi connectivity index (χ4v) is 2.88. The van der Waals surface area contributed by atoms with E-state index in [1.807, 2.05) is 0 Å². The number of unbranched alkanes of at least 4 members (excludes halogenated alkanes) is 1. The Hall–Kier alpha value is -0.990. The Morgan fingerprint density at radius 3 is 2.65 bits per heavy atom. The van der Waals surface area contributed by atoms with Crippen LogP contribution in [0.5, 0.6) is 0 Å². The summed E-state index contributed by atoms with van der Waals surface area (Å²) in [5.74, 6) is 0.191. The molecule has 2 N–H and O–H groups in total. The SMILES string of the molecule is CC(C)NCCCCS(=O)(=O)NCCCn1ccnn1. The predicted molar refractivity (Wildman–Crippen MR) is 78.8 cm³/mol. The van der Waals surface area contributed by atoms with Crippen LogP contribution in [-0.2, 0) is 16.6 Å². The number of nitrogens with one attached hydrogen (secondary N) is 2. The first-order chi connectivity index (χ1) is 9.49. The van der Waals surface area contributed by atoms with Gasteiger partial charge in [0.15, 0.2) is 0 Å². The molecule has 0 aliphatic heterocycles. The average Bonchev–Trinajstić information content (AvgIpc) is 2.87. The van der Waals surface area contributed by atoms with Gasteiger partial charge in [-0.3, -0.25) is 4.68 Å². The minimum absolute atomic E-state index is 0.191. The zero-order valence-electron chi connectivity index (χ0n) is 12.2. The van der Waals surface area contributed by atoms with Crippen LogP contribution in [0.4, 0.5) is 0 Å². The largest absolute Gasteiger partial charge is 0.315 e. The number of sulfonamides is 1. The Kier molecular flexibility index (Phi) is 7.71. The van der Waals surface area contributed by atoms with E-state index in [4.69, 9.17) is 0 Å². The van der Waals surface area contributed by atoms with E-state index in [1.54, 1.807) is 17.1 Å². The fourth-order valence-electron chi connectivity index (χ4n) is 1.70. The number of hydrogen-bond acceptors (Lipinski definition) is 5. The third-order valence-corrected chi connectivity index (χ3v) is 4.22. The number of aryl methyl sites for hydroxylation is 1. The van der Waals surface area contributed by atoms with Crippen molar-refractivity contribution in [2.24, 2.45) is 0 Å². The molecule has 8 heteroatoms. The van der Waals surface area contributed by atoms with Gasteiger partial charge in [0.05, 0.1) is 11.9 Å². The summed E-state index contributed by atoms with van der Waals surface area (Å²) >= 11 is 0. The molecule has 0 aromatic carbocycles. The highest BCUT2D eigenvalue weighted by Crippen LogP contribution is 1.95. The van der Waals surface area contributed by atoms with Crippen molar-refractivity contribution in [3.05, 3.63) is 12.4 Å². The van der Waals surface area contributed by atoms with Gasteiger partial charge in [0.25, 0.3) is 0 Å². The van der Waals surface area contributed by atoms with Gasteiger partial charge < -0.3 is 5.32 Å². The minimum atomic E-state index is -3.15. The molecule has 0 aliphatic rings. The maximum absolute atomic E-state index is 11.7. The van der Waals surface area contributed by atoms with E-state index in [0.717, 1.165) is 13.0 Å². The standard InChI is InChI=1S/C12H25N5O2S/c1-12(2)13-6-3-4-11-20(18,19)15-7-5-9-17-10-8-14-16-17/h8,10,12-13,15H,3-7,9,11H2,1-2H3. The first-order valence-corrected chi connectivity index (χ1v) is 8.69. The molecule has 116 valence electrons. The van der Waals surface area contributed by atoms with Crippen molar-refractivity contribution in [3.8, 4) is 0 Å². The van der Waals surface area contributed by atoms with Gasteiger partial charge >= 0.3 is 0 Å². The summed E-state index contributed by atoms with van der Waals surface area (Å²) in [4.78, 5) is 0. The van der Waals surface area contributed by atoms with Gasteiger partial charge in [-0.1, -0.05) is 19.1 Å². The van der Waals surface area contributed by atoms with E-state index in [2.05, 4.69) is 34.2 Å². The van der Waals surface area contributed by atoms with Crippen LogP contribution in [-0.4, -0.2) is 48.3 Å². The number of hydrogen-bond donors (Lipinski definition) is 2. The van der Waals surface area contributed by atoms with E-state index in [-0.39, 0.29) is 5.75 Å². The highest BCUT2D eigenvalue weighted by atomic mass is 32.2. The van der Waals surface area contributed by atoms with Gasteiger partial charge in [0.2, 0.25) is 10.0 Å². The minimum Gasteiger partial charge on any atom is -0.315 e. The van der Waals surface area contributed by atoms with Gasteiger partial charge in [-0.05, 0) is 25.8 Å². The number of aromatic nitrogens is 3. The molecular formula is C12H25N5O2S. The maximum Gasteiger partial charge on any atom is 0.211 e. The van der Waals surface area contributed by atoms with Crippen molar-refractivity contribution in [1.82, 2.24) is 25.0 Å². The van der Waals surface area contributed by atoms with E-state index in [0.29, 0.717) is 32.0 Å². The Balaban J connectivity index is 2.05. The third-order valence-electron chi connectivity index (χ3n) is 2.75. The molecule has 0 saturated carbocycles. The average molecular weight is 303 g/mol. The van der Waals surface area contributed by atoms with Crippen LogP contribution in [0.25, 0.3) is 0 Å². The molecule has 1 aromatic rings. The second-order valence-corrected chi connectivity index (χ2v) is 6.98. The maximum atomic E-state index is 11.7. The van der Waals surface area contributed by atoms with Gasteiger partial charge in [-0.2, -0.15) is 0 Å². The van der Waals surface area contributed by atoms with Crippen molar-refractivity contribution in [2.45, 2.75) is 45.7 Å². The molecule has 0 radical (unpaired) electrons. The highest BCUT2D eigenvalue weighted by molar-refractivity contribution is 7.89. The predicted octanol–water partition coefficient (Wildman–Crippen LogP) is 0.366. The molecule has 0 bridgehead atoms. The Morgan fingerprint density at radius 2 is 2.00 bits per heavy atom. The molecule has 0 aliphatic carbocycles. The quantitative estimate of drug-likeness (QED) is 0.576. The molecular weight excluding hydrogens is 278 g/mol. The summed E-state index contributed by atoms with van der Waals surface area (Å²) in [5.41, 5.74) is 0. The van der Waals surface area contributed by atoms with E-state index in [1.165, 1.54) is 0 Å². The van der Waals surface area contributed by atoms with Gasteiger partial charge in [0, 0.05) is 25.3 Å². The van der Waals surface area contributed by atoms with Crippen molar-refractivity contribution < 1.29 is 8.42 Å². The van der Waals surface area contributed by atoms with Crippen molar-refractivity contribution in [3.63, 3.8) is 0 Å². The summed E-state index contributed by atoms with van der Waals surface area (Å²) in [6, 6.07) is 0.446. The second-order valence-electron chi connectivity index (χ2n) is 5.05. The first kappa shape index (κ1) is 17.1. The van der Waals surface area contributed by atoms with Crippen LogP contribution in [0.1, 0.15) is 33.1 Å². The summed E-state index contributed by atoms with van der Waals surface area (Å²) in [7, 11) is -3.15. The summed E-state index contributed by atoms with van der Waals surface area (Å²) in [6.07, 6.45) is 5.62. The van der Waals surface area contributed by atoms with Crippen LogP contribution in [0.15, 0.2) is 12.4 Å². The molecule has 0 fully saturated rings.